The first-order valence-electron chi connectivity index (χ1n) is 4.49. The highest BCUT2D eigenvalue weighted by atomic mass is 79.9. The minimum atomic E-state index is -3.74. The summed E-state index contributed by atoms with van der Waals surface area (Å²) in [6, 6.07) is 0. The van der Waals surface area contributed by atoms with E-state index in [9.17, 15) is 18.4 Å². The number of hydrogen-bond acceptors (Lipinski definition) is 4. The summed E-state index contributed by atoms with van der Waals surface area (Å²) in [5.41, 5.74) is 0. The van der Waals surface area contributed by atoms with Crippen molar-refractivity contribution < 1.29 is 27.8 Å². The standard InChI is InChI=1S/C9H13BrF2O4/c1-4-16-6(13)8(2,10)5-9(11,12)7(14)15-3/h4-5H2,1-3H3. The Kier molecular flexibility index (Phi) is 5.31. The summed E-state index contributed by atoms with van der Waals surface area (Å²) in [6.45, 7) is 2.84. The molecule has 4 nitrogen and oxygen atoms in total. The van der Waals surface area contributed by atoms with Crippen molar-refractivity contribution in [3.63, 3.8) is 0 Å². The van der Waals surface area contributed by atoms with Gasteiger partial charge in [-0.3, -0.25) is 4.79 Å². The summed E-state index contributed by atoms with van der Waals surface area (Å²) in [5.74, 6) is -6.26. The zero-order valence-electron chi connectivity index (χ0n) is 9.18. The number of halogens is 3. The SMILES string of the molecule is CCOC(=O)C(C)(Br)CC(F)(F)C(=O)OC. The van der Waals surface area contributed by atoms with Crippen LogP contribution in [0, 0.1) is 0 Å². The van der Waals surface area contributed by atoms with Crippen LogP contribution in [0.15, 0.2) is 0 Å². The lowest BCUT2D eigenvalue weighted by molar-refractivity contribution is -0.172. The van der Waals surface area contributed by atoms with Gasteiger partial charge in [0.05, 0.1) is 13.7 Å². The summed E-state index contributed by atoms with van der Waals surface area (Å²) in [6.07, 6.45) is -1.02. The lowest BCUT2D eigenvalue weighted by Gasteiger charge is -2.24. The second-order valence-corrected chi connectivity index (χ2v) is 5.04. The van der Waals surface area contributed by atoms with E-state index in [1.54, 1.807) is 6.92 Å². The Morgan fingerprint density at radius 1 is 1.31 bits per heavy atom. The molecule has 0 heterocycles. The molecule has 16 heavy (non-hydrogen) atoms. The maximum Gasteiger partial charge on any atom is 0.376 e. The molecule has 0 radical (unpaired) electrons. The first kappa shape index (κ1) is 15.3. The van der Waals surface area contributed by atoms with E-state index in [-0.39, 0.29) is 6.61 Å². The third-order valence-electron chi connectivity index (χ3n) is 1.74. The highest BCUT2D eigenvalue weighted by Gasteiger charge is 2.49. The molecule has 0 fully saturated rings. The minimum Gasteiger partial charge on any atom is -0.465 e. The molecule has 0 saturated carbocycles. The minimum absolute atomic E-state index is 0.0732. The van der Waals surface area contributed by atoms with Crippen LogP contribution in [0.4, 0.5) is 8.78 Å². The quantitative estimate of drug-likeness (QED) is 0.575. The molecule has 0 spiro atoms. The number of methoxy groups -OCH3 is 1. The average Bonchev–Trinajstić information content (AvgIpc) is 2.15. The molecule has 1 atom stereocenters. The van der Waals surface area contributed by atoms with E-state index in [2.05, 4.69) is 25.4 Å². The molecule has 94 valence electrons. The second-order valence-electron chi connectivity index (χ2n) is 3.29. The Labute approximate surface area is 100 Å². The predicted molar refractivity (Wildman–Crippen MR) is 55.5 cm³/mol. The van der Waals surface area contributed by atoms with Gasteiger partial charge < -0.3 is 9.47 Å². The van der Waals surface area contributed by atoms with E-state index in [0.29, 0.717) is 0 Å². The van der Waals surface area contributed by atoms with Crippen LogP contribution in [-0.4, -0.2) is 35.9 Å². The Hall–Kier alpha value is -0.720. The van der Waals surface area contributed by atoms with E-state index in [0.717, 1.165) is 7.11 Å². The summed E-state index contributed by atoms with van der Waals surface area (Å²) < 4.78 is 33.3. The van der Waals surface area contributed by atoms with Gasteiger partial charge in [-0.25, -0.2) is 4.79 Å². The van der Waals surface area contributed by atoms with E-state index in [4.69, 9.17) is 0 Å². The van der Waals surface area contributed by atoms with Crippen molar-refractivity contribution in [3.05, 3.63) is 0 Å². The summed E-state index contributed by atoms with van der Waals surface area (Å²) in [4.78, 5) is 22.0. The van der Waals surface area contributed by atoms with Crippen LogP contribution in [0.5, 0.6) is 0 Å². The molecule has 0 rings (SSSR count). The molecular weight excluding hydrogens is 290 g/mol. The number of alkyl halides is 3. The lowest BCUT2D eigenvalue weighted by atomic mass is 10.0. The van der Waals surface area contributed by atoms with E-state index in [1.165, 1.54) is 6.92 Å². The molecule has 0 aliphatic rings. The maximum atomic E-state index is 13.2. The van der Waals surface area contributed by atoms with Crippen molar-refractivity contribution in [1.82, 2.24) is 0 Å². The normalized spacial score (nSPS) is 15.1. The van der Waals surface area contributed by atoms with Gasteiger partial charge in [0.1, 0.15) is 4.32 Å². The monoisotopic (exact) mass is 302 g/mol. The third-order valence-corrected chi connectivity index (χ3v) is 2.34. The van der Waals surface area contributed by atoms with Gasteiger partial charge in [0.25, 0.3) is 0 Å². The topological polar surface area (TPSA) is 52.6 Å². The molecule has 0 saturated heterocycles. The van der Waals surface area contributed by atoms with E-state index in [1.807, 2.05) is 0 Å². The van der Waals surface area contributed by atoms with Crippen molar-refractivity contribution in [2.75, 3.05) is 13.7 Å². The largest absolute Gasteiger partial charge is 0.465 e. The smallest absolute Gasteiger partial charge is 0.376 e. The Bertz CT molecular complexity index is 279. The van der Waals surface area contributed by atoms with Crippen LogP contribution in [0.2, 0.25) is 0 Å². The Morgan fingerprint density at radius 3 is 2.19 bits per heavy atom. The van der Waals surface area contributed by atoms with E-state index < -0.39 is 28.6 Å². The first-order valence-corrected chi connectivity index (χ1v) is 5.29. The van der Waals surface area contributed by atoms with Crippen molar-refractivity contribution in [2.24, 2.45) is 0 Å². The number of carbonyl (C=O) groups excluding carboxylic acids is 2. The van der Waals surface area contributed by atoms with Gasteiger partial charge >= 0.3 is 17.9 Å². The fraction of sp³-hybridized carbons (Fsp3) is 0.778. The molecule has 1 unspecified atom stereocenters. The molecule has 0 aliphatic heterocycles. The molecule has 0 aliphatic carbocycles. The molecule has 0 bridgehead atoms. The van der Waals surface area contributed by atoms with Gasteiger partial charge in [-0.05, 0) is 13.8 Å². The molecular formula is C9H13BrF2O4. The summed E-state index contributed by atoms with van der Waals surface area (Å²) in [7, 11) is 0.853. The number of esters is 2. The number of ether oxygens (including phenoxy) is 2. The van der Waals surface area contributed by atoms with Crippen molar-refractivity contribution in [3.8, 4) is 0 Å². The average molecular weight is 303 g/mol. The second kappa shape index (κ2) is 5.56. The van der Waals surface area contributed by atoms with Crippen LogP contribution < -0.4 is 0 Å². The van der Waals surface area contributed by atoms with Gasteiger partial charge in [-0.2, -0.15) is 8.78 Å². The van der Waals surface area contributed by atoms with Crippen LogP contribution in [-0.2, 0) is 19.1 Å². The first-order chi connectivity index (χ1) is 7.17. The molecule has 0 aromatic heterocycles. The van der Waals surface area contributed by atoms with E-state index >= 15 is 0 Å². The van der Waals surface area contributed by atoms with Gasteiger partial charge in [0.15, 0.2) is 0 Å². The van der Waals surface area contributed by atoms with Crippen LogP contribution >= 0.6 is 15.9 Å². The lowest BCUT2D eigenvalue weighted by Crippen LogP contribution is -2.41. The predicted octanol–water partition coefficient (Wildman–Crippen LogP) is 1.90. The maximum absolute atomic E-state index is 13.2. The van der Waals surface area contributed by atoms with Gasteiger partial charge in [0, 0.05) is 6.42 Å². The highest BCUT2D eigenvalue weighted by molar-refractivity contribution is 9.10. The molecule has 0 N–H and O–H groups in total. The molecule has 0 aromatic carbocycles. The van der Waals surface area contributed by atoms with Crippen molar-refractivity contribution in [2.45, 2.75) is 30.5 Å². The van der Waals surface area contributed by atoms with Crippen LogP contribution in [0.1, 0.15) is 20.3 Å². The number of rotatable bonds is 5. The highest BCUT2D eigenvalue weighted by Crippen LogP contribution is 2.34. The van der Waals surface area contributed by atoms with Crippen molar-refractivity contribution in [1.29, 1.82) is 0 Å². The Balaban J connectivity index is 4.69. The number of hydrogen-bond donors (Lipinski definition) is 0. The fourth-order valence-corrected chi connectivity index (χ4v) is 1.46. The van der Waals surface area contributed by atoms with Gasteiger partial charge in [0.2, 0.25) is 0 Å². The zero-order chi connectivity index (χ0) is 13.0. The van der Waals surface area contributed by atoms with Gasteiger partial charge in [-0.1, -0.05) is 15.9 Å². The zero-order valence-corrected chi connectivity index (χ0v) is 10.8. The molecule has 7 heteroatoms. The van der Waals surface area contributed by atoms with Crippen LogP contribution in [0.25, 0.3) is 0 Å². The molecule has 0 aromatic rings. The Morgan fingerprint density at radius 2 is 1.81 bits per heavy atom. The van der Waals surface area contributed by atoms with Crippen molar-refractivity contribution >= 4 is 27.9 Å². The molecule has 0 amide bonds. The van der Waals surface area contributed by atoms with Gasteiger partial charge in [-0.15, -0.1) is 0 Å². The fourth-order valence-electron chi connectivity index (χ4n) is 0.992. The summed E-state index contributed by atoms with van der Waals surface area (Å²) in [5, 5.41) is 0. The third kappa shape index (κ3) is 4.03. The summed E-state index contributed by atoms with van der Waals surface area (Å²) >= 11 is 2.82. The number of carbonyl (C=O) groups is 2. The van der Waals surface area contributed by atoms with Crippen LogP contribution in [0.3, 0.4) is 0 Å².